The molecule has 0 saturated carbocycles. The van der Waals surface area contributed by atoms with E-state index in [1.807, 2.05) is 88.4 Å². The second-order valence-corrected chi connectivity index (χ2v) is 11.4. The number of nitrogens with one attached hydrogen (secondary N) is 1. The van der Waals surface area contributed by atoms with Gasteiger partial charge in [-0.2, -0.15) is 0 Å². The van der Waals surface area contributed by atoms with Crippen LogP contribution < -0.4 is 10.6 Å². The Bertz CT molecular complexity index is 695. The normalized spacial score (nSPS) is 16.8. The van der Waals surface area contributed by atoms with Crippen LogP contribution >= 0.6 is 7.14 Å². The average Bonchev–Trinajstić information content (AvgIpc) is 2.61. The second-order valence-electron chi connectivity index (χ2n) is 7.57. The topological polar surface area (TPSA) is 49.3 Å². The molecule has 1 unspecified atom stereocenters. The fourth-order valence-electron chi connectivity index (χ4n) is 3.02. The first-order valence-corrected chi connectivity index (χ1v) is 10.8. The molecule has 136 valence electrons. The van der Waals surface area contributed by atoms with E-state index in [1.54, 1.807) is 0 Å². The maximum Gasteiger partial charge on any atom is 0.121 e. The standard InChI is InChI=1S/C21H30NO2P/c1-17(20(23)18-11-7-5-8-12-18)22-15-16-25(24,21(2,3)4)19-13-9-6-10-14-19/h5-14,17,20,22-23H,15-16H2,1-4H3/t17-,20-,25?/m1/s1. The van der Waals surface area contributed by atoms with E-state index in [2.05, 4.69) is 5.32 Å². The van der Waals surface area contributed by atoms with Crippen molar-refractivity contribution >= 4 is 12.4 Å². The summed E-state index contributed by atoms with van der Waals surface area (Å²) in [4.78, 5) is 0. The molecule has 0 aliphatic heterocycles. The van der Waals surface area contributed by atoms with Gasteiger partial charge in [-0.15, -0.1) is 0 Å². The molecular formula is C21H30NO2P. The van der Waals surface area contributed by atoms with Gasteiger partial charge in [-0.1, -0.05) is 81.4 Å². The van der Waals surface area contributed by atoms with Crippen molar-refractivity contribution in [3.63, 3.8) is 0 Å². The molecule has 3 atom stereocenters. The van der Waals surface area contributed by atoms with Crippen molar-refractivity contribution in [2.24, 2.45) is 0 Å². The molecule has 2 N–H and O–H groups in total. The highest BCUT2D eigenvalue weighted by molar-refractivity contribution is 7.73. The molecule has 0 bridgehead atoms. The van der Waals surface area contributed by atoms with E-state index in [9.17, 15) is 9.67 Å². The number of hydrogen-bond donors (Lipinski definition) is 2. The SMILES string of the molecule is C[C@@H](NCCP(=O)(c1ccccc1)C(C)(C)C)[C@@H](O)c1ccccc1. The molecule has 0 amide bonds. The van der Waals surface area contributed by atoms with Gasteiger partial charge in [0.15, 0.2) is 0 Å². The van der Waals surface area contributed by atoms with Crippen LogP contribution in [0.4, 0.5) is 0 Å². The van der Waals surface area contributed by atoms with Crippen LogP contribution in [0.1, 0.15) is 39.4 Å². The summed E-state index contributed by atoms with van der Waals surface area (Å²) >= 11 is 0. The van der Waals surface area contributed by atoms with Crippen LogP contribution in [0.2, 0.25) is 0 Å². The van der Waals surface area contributed by atoms with Crippen LogP contribution in [0.3, 0.4) is 0 Å². The van der Waals surface area contributed by atoms with Crippen LogP contribution in [0.25, 0.3) is 0 Å². The van der Waals surface area contributed by atoms with Crippen molar-refractivity contribution in [1.29, 1.82) is 0 Å². The van der Waals surface area contributed by atoms with Crippen LogP contribution in [0, 0.1) is 0 Å². The number of rotatable bonds is 7. The Labute approximate surface area is 151 Å². The second kappa shape index (κ2) is 8.31. The van der Waals surface area contributed by atoms with Gasteiger partial charge in [0.1, 0.15) is 7.14 Å². The molecule has 0 aliphatic rings. The zero-order chi connectivity index (χ0) is 18.5. The minimum absolute atomic E-state index is 0.105. The third-order valence-electron chi connectivity index (χ3n) is 4.76. The quantitative estimate of drug-likeness (QED) is 0.729. The average molecular weight is 359 g/mol. The maximum atomic E-state index is 13.8. The van der Waals surface area contributed by atoms with E-state index in [0.717, 1.165) is 10.9 Å². The fraction of sp³-hybridized carbons (Fsp3) is 0.429. The van der Waals surface area contributed by atoms with Crippen LogP contribution in [0.5, 0.6) is 0 Å². The minimum atomic E-state index is -2.56. The lowest BCUT2D eigenvalue weighted by Gasteiger charge is -2.32. The van der Waals surface area contributed by atoms with E-state index < -0.39 is 13.2 Å². The molecule has 2 aromatic rings. The van der Waals surface area contributed by atoms with Gasteiger partial charge in [-0.05, 0) is 12.5 Å². The molecule has 0 heterocycles. The van der Waals surface area contributed by atoms with E-state index in [0.29, 0.717) is 12.7 Å². The summed E-state index contributed by atoms with van der Waals surface area (Å²) < 4.78 is 13.8. The smallest absolute Gasteiger partial charge is 0.121 e. The lowest BCUT2D eigenvalue weighted by molar-refractivity contribution is 0.137. The Morgan fingerprint density at radius 3 is 2.04 bits per heavy atom. The van der Waals surface area contributed by atoms with Crippen molar-refractivity contribution < 1.29 is 9.67 Å². The van der Waals surface area contributed by atoms with Crippen molar-refractivity contribution in [1.82, 2.24) is 5.32 Å². The molecule has 0 fully saturated rings. The van der Waals surface area contributed by atoms with Crippen molar-refractivity contribution in [2.75, 3.05) is 12.7 Å². The molecule has 3 nitrogen and oxygen atoms in total. The Morgan fingerprint density at radius 2 is 1.52 bits per heavy atom. The molecule has 0 aromatic heterocycles. The van der Waals surface area contributed by atoms with Crippen LogP contribution in [-0.2, 0) is 4.57 Å². The van der Waals surface area contributed by atoms with Crippen LogP contribution in [-0.4, -0.2) is 29.0 Å². The van der Waals surface area contributed by atoms with Gasteiger partial charge in [0.25, 0.3) is 0 Å². The summed E-state index contributed by atoms with van der Waals surface area (Å²) in [5.74, 6) is 0. The third-order valence-corrected chi connectivity index (χ3v) is 8.92. The van der Waals surface area contributed by atoms with E-state index >= 15 is 0 Å². The summed E-state index contributed by atoms with van der Waals surface area (Å²) in [7, 11) is -2.56. The molecule has 0 radical (unpaired) electrons. The summed E-state index contributed by atoms with van der Waals surface area (Å²) in [6.07, 6.45) is -0.00114. The largest absolute Gasteiger partial charge is 0.387 e. The maximum absolute atomic E-state index is 13.8. The molecule has 2 rings (SSSR count). The summed E-state index contributed by atoms with van der Waals surface area (Å²) in [5.41, 5.74) is 0.893. The number of aliphatic hydroxyl groups excluding tert-OH is 1. The number of benzene rings is 2. The molecule has 25 heavy (non-hydrogen) atoms. The Balaban J connectivity index is 2.04. The van der Waals surface area contributed by atoms with Gasteiger partial charge in [0.05, 0.1) is 6.10 Å². The zero-order valence-electron chi connectivity index (χ0n) is 15.6. The van der Waals surface area contributed by atoms with Gasteiger partial charge in [-0.3, -0.25) is 0 Å². The molecule has 0 aliphatic carbocycles. The van der Waals surface area contributed by atoms with Crippen molar-refractivity contribution in [3.05, 3.63) is 66.2 Å². The van der Waals surface area contributed by atoms with Gasteiger partial charge in [0.2, 0.25) is 0 Å². The monoisotopic (exact) mass is 359 g/mol. The zero-order valence-corrected chi connectivity index (χ0v) is 16.5. The first-order valence-electron chi connectivity index (χ1n) is 8.87. The van der Waals surface area contributed by atoms with Gasteiger partial charge in [0, 0.05) is 29.2 Å². The summed E-state index contributed by atoms with van der Waals surface area (Å²) in [6, 6.07) is 19.3. The number of hydrogen-bond acceptors (Lipinski definition) is 3. The molecule has 2 aromatic carbocycles. The molecule has 0 spiro atoms. The first kappa shape index (κ1) is 19.9. The minimum Gasteiger partial charge on any atom is -0.387 e. The summed E-state index contributed by atoms with van der Waals surface area (Å²) in [6.45, 7) is 8.70. The first-order chi connectivity index (χ1) is 11.8. The lowest BCUT2D eigenvalue weighted by Crippen LogP contribution is -2.36. The van der Waals surface area contributed by atoms with Gasteiger partial charge >= 0.3 is 0 Å². The predicted octanol–water partition coefficient (Wildman–Crippen LogP) is 4.19. The van der Waals surface area contributed by atoms with E-state index in [-0.39, 0.29) is 11.2 Å². The Morgan fingerprint density at radius 1 is 1.00 bits per heavy atom. The molecule has 0 saturated heterocycles. The van der Waals surface area contributed by atoms with Crippen LogP contribution in [0.15, 0.2) is 60.7 Å². The van der Waals surface area contributed by atoms with E-state index in [1.165, 1.54) is 0 Å². The highest BCUT2D eigenvalue weighted by Gasteiger charge is 2.37. The van der Waals surface area contributed by atoms with Crippen molar-refractivity contribution in [2.45, 2.75) is 45.0 Å². The fourth-order valence-corrected chi connectivity index (χ4v) is 5.82. The Kier molecular flexibility index (Phi) is 6.62. The molecular weight excluding hydrogens is 329 g/mol. The van der Waals surface area contributed by atoms with Gasteiger partial charge in [-0.25, -0.2) is 0 Å². The highest BCUT2D eigenvalue weighted by atomic mass is 31.2. The highest BCUT2D eigenvalue weighted by Crippen LogP contribution is 2.56. The Hall–Kier alpha value is -1.41. The predicted molar refractivity (Wildman–Crippen MR) is 107 cm³/mol. The van der Waals surface area contributed by atoms with E-state index in [4.69, 9.17) is 0 Å². The van der Waals surface area contributed by atoms with Crippen molar-refractivity contribution in [3.8, 4) is 0 Å². The lowest BCUT2D eigenvalue weighted by atomic mass is 10.0. The third kappa shape index (κ3) is 4.82. The molecule has 4 heteroatoms. The van der Waals surface area contributed by atoms with Gasteiger partial charge < -0.3 is 15.0 Å². The number of aliphatic hydroxyl groups is 1. The summed E-state index contributed by atoms with van der Waals surface area (Å²) in [5, 5.41) is 14.5.